The summed E-state index contributed by atoms with van der Waals surface area (Å²) >= 11 is 0. The second kappa shape index (κ2) is 5.92. The van der Waals surface area contributed by atoms with Crippen LogP contribution in [-0.2, 0) is 0 Å². The molecule has 1 aliphatic rings. The van der Waals surface area contributed by atoms with Gasteiger partial charge < -0.3 is 0 Å². The quantitative estimate of drug-likeness (QED) is 0.567. The Morgan fingerprint density at radius 1 is 0.773 bits per heavy atom. The van der Waals surface area contributed by atoms with Gasteiger partial charge in [0.1, 0.15) is 0 Å². The van der Waals surface area contributed by atoms with E-state index >= 15 is 0 Å². The topological polar surface area (TPSA) is 12.9 Å². The third-order valence-corrected chi connectivity index (χ3v) is 4.91. The molecule has 1 nitrogen and oxygen atoms in total. The van der Waals surface area contributed by atoms with Gasteiger partial charge in [-0.3, -0.25) is 4.98 Å². The van der Waals surface area contributed by atoms with E-state index in [0.717, 1.165) is 11.6 Å². The first-order chi connectivity index (χ1) is 10.9. The summed E-state index contributed by atoms with van der Waals surface area (Å²) in [5.41, 5.74) is 3.78. The average Bonchev–Trinajstić information content (AvgIpc) is 2.62. The third-order valence-electron chi connectivity index (χ3n) is 4.91. The molecule has 0 aliphatic heterocycles. The van der Waals surface area contributed by atoms with Crippen molar-refractivity contribution in [3.63, 3.8) is 0 Å². The van der Waals surface area contributed by atoms with Gasteiger partial charge in [0.2, 0.25) is 0 Å². The Bertz CT molecular complexity index is 767. The zero-order valence-corrected chi connectivity index (χ0v) is 12.8. The molecule has 0 unspecified atom stereocenters. The van der Waals surface area contributed by atoms with E-state index in [4.69, 9.17) is 0 Å². The highest BCUT2D eigenvalue weighted by atomic mass is 14.7. The minimum Gasteiger partial charge on any atom is -0.256 e. The van der Waals surface area contributed by atoms with Crippen LogP contribution < -0.4 is 0 Å². The lowest BCUT2D eigenvalue weighted by Gasteiger charge is -2.22. The SMILES string of the molecule is c1ccc2cc(-c3ccc(C4CCCCC4)cc3)ncc2c1. The number of aromatic nitrogens is 1. The summed E-state index contributed by atoms with van der Waals surface area (Å²) in [6.07, 6.45) is 8.87. The van der Waals surface area contributed by atoms with Crippen molar-refractivity contribution in [2.24, 2.45) is 0 Å². The molecule has 0 saturated heterocycles. The van der Waals surface area contributed by atoms with Crippen molar-refractivity contribution in [1.29, 1.82) is 0 Å². The maximum Gasteiger partial charge on any atom is 0.0708 e. The molecule has 0 radical (unpaired) electrons. The number of pyridine rings is 1. The first-order valence-corrected chi connectivity index (χ1v) is 8.35. The van der Waals surface area contributed by atoms with E-state index in [0.29, 0.717) is 0 Å². The van der Waals surface area contributed by atoms with Crippen LogP contribution in [0, 0.1) is 0 Å². The summed E-state index contributed by atoms with van der Waals surface area (Å²) in [5.74, 6) is 0.771. The maximum absolute atomic E-state index is 4.62. The Morgan fingerprint density at radius 3 is 2.27 bits per heavy atom. The van der Waals surface area contributed by atoms with Gasteiger partial charge in [0.15, 0.2) is 0 Å². The van der Waals surface area contributed by atoms with Gasteiger partial charge in [-0.1, -0.05) is 67.8 Å². The Labute approximate surface area is 132 Å². The predicted octanol–water partition coefficient (Wildman–Crippen LogP) is 5.95. The van der Waals surface area contributed by atoms with Crippen LogP contribution in [0.15, 0.2) is 60.8 Å². The molecule has 1 aromatic heterocycles. The zero-order chi connectivity index (χ0) is 14.8. The highest BCUT2D eigenvalue weighted by molar-refractivity contribution is 5.85. The number of nitrogens with zero attached hydrogens (tertiary/aromatic N) is 1. The summed E-state index contributed by atoms with van der Waals surface area (Å²) < 4.78 is 0. The molecule has 1 saturated carbocycles. The van der Waals surface area contributed by atoms with Crippen LogP contribution >= 0.6 is 0 Å². The molecule has 0 spiro atoms. The second-order valence-corrected chi connectivity index (χ2v) is 6.37. The minimum atomic E-state index is 0.771. The zero-order valence-electron chi connectivity index (χ0n) is 12.8. The van der Waals surface area contributed by atoms with Crippen molar-refractivity contribution < 1.29 is 0 Å². The molecule has 0 amide bonds. The monoisotopic (exact) mass is 287 g/mol. The van der Waals surface area contributed by atoms with Crippen molar-refractivity contribution >= 4 is 10.8 Å². The van der Waals surface area contributed by atoms with E-state index in [1.807, 2.05) is 6.20 Å². The fraction of sp³-hybridized carbons (Fsp3) is 0.286. The van der Waals surface area contributed by atoms with Crippen molar-refractivity contribution in [3.8, 4) is 11.3 Å². The first-order valence-electron chi connectivity index (χ1n) is 8.35. The minimum absolute atomic E-state index is 0.771. The average molecular weight is 287 g/mol. The lowest BCUT2D eigenvalue weighted by atomic mass is 9.84. The molecule has 110 valence electrons. The van der Waals surface area contributed by atoms with E-state index in [1.165, 1.54) is 54.0 Å². The number of benzene rings is 2. The summed E-state index contributed by atoms with van der Waals surface area (Å²) in [4.78, 5) is 4.62. The van der Waals surface area contributed by atoms with Crippen molar-refractivity contribution in [2.45, 2.75) is 38.0 Å². The smallest absolute Gasteiger partial charge is 0.0708 e. The van der Waals surface area contributed by atoms with Gasteiger partial charge in [0, 0.05) is 17.1 Å². The van der Waals surface area contributed by atoms with Crippen LogP contribution in [0.2, 0.25) is 0 Å². The van der Waals surface area contributed by atoms with E-state index in [2.05, 4.69) is 59.6 Å². The molecule has 0 atom stereocenters. The standard InChI is InChI=1S/C21H21N/c1-2-6-16(7-3-1)17-10-12-18(13-11-17)21-14-19-8-4-5-9-20(19)15-22-21/h4-5,8-16H,1-3,6-7H2. The highest BCUT2D eigenvalue weighted by Gasteiger charge is 2.15. The van der Waals surface area contributed by atoms with Gasteiger partial charge in [-0.05, 0) is 35.8 Å². The van der Waals surface area contributed by atoms with Crippen LogP contribution in [-0.4, -0.2) is 4.98 Å². The Kier molecular flexibility index (Phi) is 3.64. The molecule has 1 heteroatoms. The molecule has 1 fully saturated rings. The Hall–Kier alpha value is -2.15. The number of hydrogen-bond acceptors (Lipinski definition) is 1. The van der Waals surface area contributed by atoms with Crippen molar-refractivity contribution in [1.82, 2.24) is 4.98 Å². The lowest BCUT2D eigenvalue weighted by molar-refractivity contribution is 0.443. The van der Waals surface area contributed by atoms with Crippen molar-refractivity contribution in [3.05, 3.63) is 66.4 Å². The molecule has 0 bridgehead atoms. The van der Waals surface area contributed by atoms with Gasteiger partial charge in [-0.2, -0.15) is 0 Å². The number of rotatable bonds is 2. The van der Waals surface area contributed by atoms with Crippen LogP contribution in [0.4, 0.5) is 0 Å². The molecule has 4 rings (SSSR count). The maximum atomic E-state index is 4.62. The predicted molar refractivity (Wildman–Crippen MR) is 93.0 cm³/mol. The molecule has 1 heterocycles. The normalized spacial score (nSPS) is 16.0. The van der Waals surface area contributed by atoms with Gasteiger partial charge in [-0.25, -0.2) is 0 Å². The van der Waals surface area contributed by atoms with Gasteiger partial charge in [0.25, 0.3) is 0 Å². The van der Waals surface area contributed by atoms with Crippen LogP contribution in [0.25, 0.3) is 22.0 Å². The second-order valence-electron chi connectivity index (χ2n) is 6.37. The lowest BCUT2D eigenvalue weighted by Crippen LogP contribution is -2.04. The summed E-state index contributed by atoms with van der Waals surface area (Å²) in [6.45, 7) is 0. The van der Waals surface area contributed by atoms with Gasteiger partial charge in [-0.15, -0.1) is 0 Å². The summed E-state index contributed by atoms with van der Waals surface area (Å²) in [7, 11) is 0. The van der Waals surface area contributed by atoms with Crippen molar-refractivity contribution in [2.75, 3.05) is 0 Å². The largest absolute Gasteiger partial charge is 0.256 e. The summed E-state index contributed by atoms with van der Waals surface area (Å²) in [5, 5.41) is 2.45. The molecular formula is C21H21N. The highest BCUT2D eigenvalue weighted by Crippen LogP contribution is 2.33. The van der Waals surface area contributed by atoms with Crippen LogP contribution in [0.1, 0.15) is 43.6 Å². The van der Waals surface area contributed by atoms with E-state index < -0.39 is 0 Å². The molecule has 3 aromatic rings. The molecule has 2 aromatic carbocycles. The molecule has 22 heavy (non-hydrogen) atoms. The van der Waals surface area contributed by atoms with E-state index in [1.54, 1.807) is 0 Å². The Morgan fingerprint density at radius 2 is 1.50 bits per heavy atom. The molecule has 1 aliphatic carbocycles. The summed E-state index contributed by atoms with van der Waals surface area (Å²) in [6, 6.07) is 19.7. The molecule has 0 N–H and O–H groups in total. The first kappa shape index (κ1) is 13.5. The fourth-order valence-electron chi connectivity index (χ4n) is 3.60. The number of fused-ring (bicyclic) bond motifs is 1. The van der Waals surface area contributed by atoms with E-state index in [-0.39, 0.29) is 0 Å². The number of hydrogen-bond donors (Lipinski definition) is 0. The molecular weight excluding hydrogens is 266 g/mol. The van der Waals surface area contributed by atoms with E-state index in [9.17, 15) is 0 Å². The van der Waals surface area contributed by atoms with Crippen LogP contribution in [0.5, 0.6) is 0 Å². The fourth-order valence-corrected chi connectivity index (χ4v) is 3.60. The van der Waals surface area contributed by atoms with Gasteiger partial charge in [0.05, 0.1) is 5.69 Å². The van der Waals surface area contributed by atoms with Gasteiger partial charge >= 0.3 is 0 Å². The van der Waals surface area contributed by atoms with Crippen LogP contribution in [0.3, 0.4) is 0 Å². The third kappa shape index (κ3) is 2.64. The Balaban J connectivity index is 1.63.